The number of unbranched alkanes of at least 4 members (excludes halogenated alkanes) is 3. The number of anilines is 2. The molecule has 7 amide bonds. The number of aromatic nitrogens is 5. The van der Waals surface area contributed by atoms with E-state index in [2.05, 4.69) is 94.9 Å². The second-order valence-electron chi connectivity index (χ2n) is 36.9. The van der Waals surface area contributed by atoms with E-state index in [-0.39, 0.29) is 131 Å². The number of rotatable bonds is 63. The third-order valence-electron chi connectivity index (χ3n) is 24.8. The molecule has 0 saturated carbocycles. The fraction of sp³-hybridized carbons (Fsp3) is 0.520. The smallest absolute Gasteiger partial charge is 0.326 e. The van der Waals surface area contributed by atoms with Crippen LogP contribution in [0.3, 0.4) is 0 Å². The molecule has 4 heterocycles. The number of aliphatic hydroxyl groups excluding tert-OH is 10. The van der Waals surface area contributed by atoms with E-state index in [1.807, 2.05) is 81.5 Å². The van der Waals surface area contributed by atoms with Crippen molar-refractivity contribution in [3.63, 3.8) is 0 Å². The number of carboxylic acids is 2. The van der Waals surface area contributed by atoms with Crippen LogP contribution < -0.4 is 47.3 Å². The van der Waals surface area contributed by atoms with E-state index in [1.54, 1.807) is 48.7 Å². The molecule has 2 aliphatic heterocycles. The molecule has 143 heavy (non-hydrogen) atoms. The highest BCUT2D eigenvalue weighted by molar-refractivity contribution is 7.91. The highest BCUT2D eigenvalue weighted by Gasteiger charge is 2.46. The van der Waals surface area contributed by atoms with Crippen molar-refractivity contribution in [1.29, 1.82) is 0 Å². The first kappa shape index (κ1) is 116. The normalized spacial score (nSPS) is 16.1. The van der Waals surface area contributed by atoms with E-state index in [0.717, 1.165) is 40.3 Å². The minimum Gasteiger partial charge on any atom is -0.508 e. The van der Waals surface area contributed by atoms with Crippen LogP contribution in [0.5, 0.6) is 11.5 Å². The third-order valence-corrected chi connectivity index (χ3v) is 27.0. The van der Waals surface area contributed by atoms with Crippen molar-refractivity contribution in [2.75, 3.05) is 82.6 Å². The molecule has 11 unspecified atom stereocenters. The molecule has 2 aliphatic rings. The number of sulfonamides is 1. The fourth-order valence-electron chi connectivity index (χ4n) is 16.4. The van der Waals surface area contributed by atoms with E-state index in [0.29, 0.717) is 91.3 Å². The minimum atomic E-state index is -4.11. The molecule has 0 bridgehead atoms. The summed E-state index contributed by atoms with van der Waals surface area (Å²) in [6, 6.07) is 18.1. The zero-order valence-corrected chi connectivity index (χ0v) is 82.8. The van der Waals surface area contributed by atoms with Crippen molar-refractivity contribution < 1.29 is 142 Å². The Morgan fingerprint density at radius 1 is 0.559 bits per heavy atom. The van der Waals surface area contributed by atoms with Crippen LogP contribution in [0.25, 0.3) is 0 Å². The Balaban J connectivity index is 0.823. The number of ether oxygens (including phenoxy) is 2. The molecule has 0 radical (unpaired) electrons. The Hall–Kier alpha value is -12.1. The van der Waals surface area contributed by atoms with Gasteiger partial charge < -0.3 is 123 Å². The topological polar surface area (TPSA) is 679 Å². The molecule has 8 rings (SSSR count). The van der Waals surface area contributed by atoms with E-state index in [1.165, 1.54) is 28.9 Å². The van der Waals surface area contributed by atoms with Crippen molar-refractivity contribution in [3.05, 3.63) is 178 Å². The maximum Gasteiger partial charge on any atom is 0.326 e. The monoisotopic (exact) mass is 2030 g/mol. The Bertz CT molecular complexity index is 5530. The number of hydrogen-bond donors (Lipinski definition) is 22. The Labute approximate surface area is 832 Å². The molecule has 0 aliphatic carbocycles. The lowest BCUT2D eigenvalue weighted by Crippen LogP contribution is -2.51. The summed E-state index contributed by atoms with van der Waals surface area (Å²) in [7, 11) is -4.11. The van der Waals surface area contributed by atoms with Crippen LogP contribution in [0.1, 0.15) is 200 Å². The first-order valence-electron chi connectivity index (χ1n) is 47.4. The van der Waals surface area contributed by atoms with Crippen LogP contribution in [0.4, 0.5) is 16.5 Å². The second-order valence-corrected chi connectivity index (χ2v) is 39.6. The van der Waals surface area contributed by atoms with Crippen LogP contribution >= 0.6 is 11.3 Å². The van der Waals surface area contributed by atoms with Crippen LogP contribution in [-0.4, -0.2) is 314 Å². The number of nitrogens with one attached hydrogen (secondary N) is 7. The minimum absolute atomic E-state index is 0.00158. The molecule has 45 heteroatoms. The highest BCUT2D eigenvalue weighted by atomic mass is 32.2. The van der Waals surface area contributed by atoms with E-state index in [9.17, 15) is 128 Å². The summed E-state index contributed by atoms with van der Waals surface area (Å²) >= 11 is 0.595. The molecule has 11 atom stereocenters. The molecular weight excluding hydrogens is 1900 g/mol. The number of aliphatic carboxylic acids is 2. The molecule has 0 fully saturated rings. The number of nitrogens with zero attached hydrogens (tertiary/aromatic N) is 7. The molecular formula is C98H136N15O28S2+. The number of carbonyl (C=O) groups excluding carboxylic acids is 8. The lowest BCUT2D eigenvalue weighted by atomic mass is 9.73. The lowest BCUT2D eigenvalue weighted by molar-refractivity contribution is -0.438. The molecule has 0 spiro atoms. The standard InChI is InChI=1S/C98H135N15O28S2/c1-59(2)40-46-113-73-35-25-60(74(118)37-38-75(119)86(128)88(130)77(121)57-114)51-67(73)96(3,4)80(113)22-13-10-8-9-12-21-79-97(5,6)68-52-61(90(132)102-55-76(120)87(129)89(131)78(122)58-115)26-36-72(68)112(79)45-16-11-14-23-81(123)100-42-47-140-49-50-141-48-43-101-91(133)69(20-15-17-44-111-56-64(107-110-111)19-18-24-82(124)106-94-108-109-95(142-94)143(99,138)139)103-84(126)54-71(93(136)137)105-85(127)53-70(92(134)135)104-83(125)39-41-98(7,62-27-31-65(116)32-28-62)63-29-33-66(117)34-30-63/h8-10,12-13,21-22,25-36,51-52,56,59,69-71,75-78,86-89,114-115,119-122,128-131H,11,14-20,23-24,37-50,53-55,57-58H2,1-7H3,(H12-,99,100,101,102,103,104,105,106,108,116,117,123,124,125,126,127,132,133,134,135,136,137,138,139)/p+1. The van der Waals surface area contributed by atoms with Gasteiger partial charge >= 0.3 is 11.9 Å². The number of primary sulfonamides is 1. The van der Waals surface area contributed by atoms with Gasteiger partial charge in [0.2, 0.25) is 50.6 Å². The van der Waals surface area contributed by atoms with Crippen LogP contribution in [0.15, 0.2) is 144 Å². The molecule has 23 N–H and O–H groups in total. The molecule has 2 aromatic heterocycles. The van der Waals surface area contributed by atoms with Gasteiger partial charge in [-0.15, -0.1) is 15.3 Å². The van der Waals surface area contributed by atoms with E-state index in [4.69, 9.17) is 14.6 Å². The maximum absolute atomic E-state index is 13.9. The van der Waals surface area contributed by atoms with E-state index >= 15 is 0 Å². The fourth-order valence-corrected chi connectivity index (χ4v) is 17.7. The molecule has 43 nitrogen and oxygen atoms in total. The number of fused-ring (bicyclic) bond motifs is 2. The average molecular weight is 2040 g/mol. The summed E-state index contributed by atoms with van der Waals surface area (Å²) in [5.74, 6) is -8.12. The number of carbonyl (C=O) groups is 10. The average Bonchev–Trinajstić information content (AvgIpc) is 1.59. The van der Waals surface area contributed by atoms with Gasteiger partial charge in [-0.25, -0.2) is 23.1 Å². The highest BCUT2D eigenvalue weighted by Crippen LogP contribution is 2.49. The zero-order chi connectivity index (χ0) is 105. The van der Waals surface area contributed by atoms with Crippen molar-refractivity contribution in [1.82, 2.24) is 57.1 Å². The van der Waals surface area contributed by atoms with E-state index < -0.39 is 178 Å². The Morgan fingerprint density at radius 3 is 1.73 bits per heavy atom. The molecule has 4 aromatic carbocycles. The lowest BCUT2D eigenvalue weighted by Gasteiger charge is -2.31. The number of aromatic hydroxyl groups is 2. The number of phenolic OH excluding ortho intramolecular Hbond substituents is 2. The quantitative estimate of drug-likeness (QED) is 0.00857. The zero-order valence-electron chi connectivity index (χ0n) is 81.1. The Kier molecular flexibility index (Phi) is 45.3. The number of phenols is 2. The predicted molar refractivity (Wildman–Crippen MR) is 524 cm³/mol. The third kappa shape index (κ3) is 34.9. The molecule has 0 saturated heterocycles. The molecule has 782 valence electrons. The number of aliphatic hydroxyl groups is 10. The van der Waals surface area contributed by atoms with Crippen LogP contribution in [0.2, 0.25) is 0 Å². The number of aryl methyl sites for hydroxylation is 2. The summed E-state index contributed by atoms with van der Waals surface area (Å²) in [6.07, 6.45) is 2.93. The maximum atomic E-state index is 13.9. The number of allylic oxidation sites excluding steroid dienone is 8. The van der Waals surface area contributed by atoms with Gasteiger partial charge in [0.25, 0.3) is 15.9 Å². The van der Waals surface area contributed by atoms with Gasteiger partial charge in [-0.1, -0.05) is 106 Å². The number of Topliss-reactive ketones (excluding diaryl/α,β-unsaturated/α-hetero) is 1. The van der Waals surface area contributed by atoms with Gasteiger partial charge in [0, 0.05) is 122 Å². The van der Waals surface area contributed by atoms with Gasteiger partial charge in [0.05, 0.1) is 75.8 Å². The van der Waals surface area contributed by atoms with Gasteiger partial charge in [0.1, 0.15) is 72.8 Å². The summed E-state index contributed by atoms with van der Waals surface area (Å²) in [4.78, 5) is 135. The molecule has 6 aromatic rings. The Morgan fingerprint density at radius 2 is 1.13 bits per heavy atom. The van der Waals surface area contributed by atoms with Crippen molar-refractivity contribution in [3.8, 4) is 11.5 Å². The number of amides is 7. The summed E-state index contributed by atoms with van der Waals surface area (Å²) in [5, 5.41) is 179. The summed E-state index contributed by atoms with van der Waals surface area (Å²) in [6.45, 7) is 13.9. The number of nitrogens with two attached hydrogens (primary N) is 1. The number of carboxylic acid groups (broad SMARTS) is 2. The summed E-state index contributed by atoms with van der Waals surface area (Å²) < 4.78 is 37.8. The SMILES string of the molecule is CC(C)CCN1/C(=C/C=C/C=C/C=C/C2=[N+](CCCCCC(=O)NCCOCCOCCNC(=O)C(CCCCn3cc(CCCC(=O)Nc4nnc(S(N)(=O)=O)s4)nn3)NC(=O)CC(NC(=O)CC(NC(=O)CCC(C)(c3ccc(O)cc3)c3ccc(O)cc3)C(=O)O)C(=O)O)c3ccc(C(=O)NCC(O)C(O)C(O)C(O)CO)cc3C2(C)C)C(C)(C)c2cc(C(=O)CCC(O)C(O)C(O)C(O)CO)ccc21. The van der Waals surface area contributed by atoms with Gasteiger partial charge in [0.15, 0.2) is 11.5 Å². The van der Waals surface area contributed by atoms with Crippen molar-refractivity contribution >= 4 is 103 Å². The summed E-state index contributed by atoms with van der Waals surface area (Å²) in [5.41, 5.74) is 5.72. The van der Waals surface area contributed by atoms with Gasteiger partial charge in [-0.3, -0.25) is 43.0 Å². The van der Waals surface area contributed by atoms with Crippen molar-refractivity contribution in [2.45, 2.75) is 252 Å². The first-order valence-corrected chi connectivity index (χ1v) is 49.7. The second kappa shape index (κ2) is 55.7. The van der Waals surface area contributed by atoms with Crippen molar-refractivity contribution in [2.24, 2.45) is 11.1 Å². The number of ketones is 1. The predicted octanol–water partition coefficient (Wildman–Crippen LogP) is 2.37. The number of benzene rings is 4. The van der Waals surface area contributed by atoms with Crippen LogP contribution in [-0.2, 0) is 87.1 Å². The number of hydrogen-bond acceptors (Lipinski definition) is 32. The first-order chi connectivity index (χ1) is 67.8. The van der Waals surface area contributed by atoms with Gasteiger partial charge in [-0.05, 0) is 161 Å². The largest absolute Gasteiger partial charge is 0.508 e. The van der Waals surface area contributed by atoms with Gasteiger partial charge in [-0.2, -0.15) is 4.58 Å². The van der Waals surface area contributed by atoms with Crippen LogP contribution in [0, 0.1) is 5.92 Å².